The van der Waals surface area contributed by atoms with Gasteiger partial charge in [-0.1, -0.05) is 25.0 Å². The first-order chi connectivity index (χ1) is 10.7. The molecule has 1 N–H and O–H groups in total. The molecule has 1 fully saturated rings. The lowest BCUT2D eigenvalue weighted by atomic mass is 9.89. The summed E-state index contributed by atoms with van der Waals surface area (Å²) in [6.45, 7) is 0. The number of nitrogens with one attached hydrogen (secondary N) is 1. The van der Waals surface area contributed by atoms with Crippen molar-refractivity contribution in [2.45, 2.75) is 44.2 Å². The Morgan fingerprint density at radius 3 is 2.87 bits per heavy atom. The first kappa shape index (κ1) is 18.2. The Labute approximate surface area is 148 Å². The van der Waals surface area contributed by atoms with E-state index in [1.807, 2.05) is 19.0 Å². The number of hydrogen-bond donors (Lipinski definition) is 1. The number of nitrogens with zero attached hydrogens (tertiary/aromatic N) is 1. The summed E-state index contributed by atoms with van der Waals surface area (Å²) in [5.74, 6) is 0.228. The summed E-state index contributed by atoms with van der Waals surface area (Å²) >= 11 is 1.73. The number of amides is 1. The Balaban J connectivity index is 0.00000192. The standard InChI is InChI=1S/C18H24N2OS.ClH/c1-19-15-7-3-4-8-16(15)20(2)18(21)12-13-6-5-9-17-14(13)10-11-22-17;/h5-6,9-11,15-16,19H,3-4,7-8,12H2,1-2H3;1H. The monoisotopic (exact) mass is 352 g/mol. The van der Waals surface area contributed by atoms with Crippen molar-refractivity contribution in [3.05, 3.63) is 35.2 Å². The number of likely N-dealkylation sites (N-methyl/N-ethyl adjacent to an activating group) is 2. The largest absolute Gasteiger partial charge is 0.341 e. The number of rotatable bonds is 4. The second kappa shape index (κ2) is 8.13. The summed E-state index contributed by atoms with van der Waals surface area (Å²) in [7, 11) is 3.98. The van der Waals surface area contributed by atoms with Crippen molar-refractivity contribution in [3.8, 4) is 0 Å². The highest BCUT2D eigenvalue weighted by atomic mass is 35.5. The van der Waals surface area contributed by atoms with Crippen LogP contribution in [0.1, 0.15) is 31.2 Å². The fourth-order valence-corrected chi connectivity index (χ4v) is 4.43. The minimum atomic E-state index is 0. The Kier molecular flexibility index (Phi) is 6.45. The molecular formula is C18H25ClN2OS. The number of benzene rings is 1. The summed E-state index contributed by atoms with van der Waals surface area (Å²) < 4.78 is 1.26. The van der Waals surface area contributed by atoms with Gasteiger partial charge in [-0.05, 0) is 48.4 Å². The van der Waals surface area contributed by atoms with Gasteiger partial charge in [0.2, 0.25) is 5.91 Å². The Hall–Kier alpha value is -1.10. The predicted octanol–water partition coefficient (Wildman–Crippen LogP) is 3.85. The van der Waals surface area contributed by atoms with Crippen LogP contribution in [0.25, 0.3) is 10.1 Å². The molecule has 1 amide bonds. The van der Waals surface area contributed by atoms with E-state index >= 15 is 0 Å². The van der Waals surface area contributed by atoms with Crippen molar-refractivity contribution in [1.29, 1.82) is 0 Å². The van der Waals surface area contributed by atoms with Gasteiger partial charge >= 0.3 is 0 Å². The van der Waals surface area contributed by atoms with Crippen LogP contribution >= 0.6 is 23.7 Å². The third-order valence-electron chi connectivity index (χ3n) is 4.92. The van der Waals surface area contributed by atoms with Gasteiger partial charge in [0.05, 0.1) is 6.42 Å². The zero-order chi connectivity index (χ0) is 15.5. The highest BCUT2D eigenvalue weighted by molar-refractivity contribution is 7.17. The maximum absolute atomic E-state index is 12.7. The molecule has 1 aromatic heterocycles. The van der Waals surface area contributed by atoms with E-state index in [1.165, 1.54) is 29.3 Å². The number of thiophene rings is 1. The molecule has 0 bridgehead atoms. The molecule has 1 aliphatic carbocycles. The van der Waals surface area contributed by atoms with Gasteiger partial charge in [-0.25, -0.2) is 0 Å². The topological polar surface area (TPSA) is 32.3 Å². The molecule has 1 aliphatic rings. The van der Waals surface area contributed by atoms with E-state index in [9.17, 15) is 4.79 Å². The molecule has 2 atom stereocenters. The number of hydrogen-bond acceptors (Lipinski definition) is 3. The van der Waals surface area contributed by atoms with E-state index in [4.69, 9.17) is 0 Å². The molecule has 0 saturated heterocycles. The fourth-order valence-electron chi connectivity index (χ4n) is 3.60. The molecule has 5 heteroatoms. The van der Waals surface area contributed by atoms with Crippen molar-refractivity contribution in [2.24, 2.45) is 0 Å². The lowest BCUT2D eigenvalue weighted by Crippen LogP contribution is -2.51. The van der Waals surface area contributed by atoms with Gasteiger partial charge in [0, 0.05) is 23.8 Å². The van der Waals surface area contributed by atoms with E-state index in [2.05, 4.69) is 35.0 Å². The van der Waals surface area contributed by atoms with Crippen LogP contribution < -0.4 is 5.32 Å². The SMILES string of the molecule is CNC1CCCCC1N(C)C(=O)Cc1cccc2sccc12.Cl. The first-order valence-electron chi connectivity index (χ1n) is 8.08. The quantitative estimate of drug-likeness (QED) is 0.906. The minimum Gasteiger partial charge on any atom is -0.341 e. The van der Waals surface area contributed by atoms with E-state index in [1.54, 1.807) is 11.3 Å². The number of fused-ring (bicyclic) bond motifs is 1. The molecule has 126 valence electrons. The number of carbonyl (C=O) groups is 1. The highest BCUT2D eigenvalue weighted by Gasteiger charge is 2.29. The molecule has 0 radical (unpaired) electrons. The molecule has 0 spiro atoms. The Morgan fingerprint density at radius 1 is 1.30 bits per heavy atom. The van der Waals surface area contributed by atoms with Crippen LogP contribution in [0, 0.1) is 0 Å². The molecule has 3 rings (SSSR count). The van der Waals surface area contributed by atoms with Crippen LogP contribution in [0.2, 0.25) is 0 Å². The average molecular weight is 353 g/mol. The van der Waals surface area contributed by atoms with Crippen molar-refractivity contribution in [2.75, 3.05) is 14.1 Å². The second-order valence-corrected chi connectivity index (χ2v) is 7.13. The van der Waals surface area contributed by atoms with Gasteiger partial charge < -0.3 is 10.2 Å². The number of carbonyl (C=O) groups excluding carboxylic acids is 1. The van der Waals surface area contributed by atoms with Gasteiger partial charge in [0.15, 0.2) is 0 Å². The van der Waals surface area contributed by atoms with Crippen molar-refractivity contribution in [3.63, 3.8) is 0 Å². The normalized spacial score (nSPS) is 21.0. The van der Waals surface area contributed by atoms with E-state index in [0.717, 1.165) is 12.0 Å². The maximum Gasteiger partial charge on any atom is 0.227 e. The molecule has 0 aliphatic heterocycles. The predicted molar refractivity (Wildman–Crippen MR) is 101 cm³/mol. The van der Waals surface area contributed by atoms with Crippen molar-refractivity contribution in [1.82, 2.24) is 10.2 Å². The highest BCUT2D eigenvalue weighted by Crippen LogP contribution is 2.26. The average Bonchev–Trinajstić information content (AvgIpc) is 3.03. The fraction of sp³-hybridized carbons (Fsp3) is 0.500. The summed E-state index contributed by atoms with van der Waals surface area (Å²) in [5.41, 5.74) is 1.15. The number of halogens is 1. The molecular weight excluding hydrogens is 328 g/mol. The summed E-state index contributed by atoms with van der Waals surface area (Å²) in [6.07, 6.45) is 5.26. The zero-order valence-corrected chi connectivity index (χ0v) is 15.4. The summed E-state index contributed by atoms with van der Waals surface area (Å²) in [4.78, 5) is 14.7. The summed E-state index contributed by atoms with van der Waals surface area (Å²) in [5, 5.41) is 6.71. The minimum absolute atomic E-state index is 0. The van der Waals surface area contributed by atoms with Crippen LogP contribution in [0.5, 0.6) is 0 Å². The van der Waals surface area contributed by atoms with Crippen molar-refractivity contribution < 1.29 is 4.79 Å². The zero-order valence-electron chi connectivity index (χ0n) is 13.7. The molecule has 2 unspecified atom stereocenters. The van der Waals surface area contributed by atoms with Crippen LogP contribution in [0.4, 0.5) is 0 Å². The maximum atomic E-state index is 12.7. The summed E-state index contributed by atoms with van der Waals surface area (Å²) in [6, 6.07) is 9.14. The molecule has 23 heavy (non-hydrogen) atoms. The van der Waals surface area contributed by atoms with Crippen molar-refractivity contribution >= 4 is 39.7 Å². The lowest BCUT2D eigenvalue weighted by Gasteiger charge is -2.38. The first-order valence-corrected chi connectivity index (χ1v) is 8.96. The van der Waals surface area contributed by atoms with Crippen LogP contribution in [0.15, 0.2) is 29.6 Å². The third-order valence-corrected chi connectivity index (χ3v) is 5.80. The molecule has 1 heterocycles. The van der Waals surface area contributed by atoms with E-state index < -0.39 is 0 Å². The Bertz CT molecular complexity index is 657. The second-order valence-electron chi connectivity index (χ2n) is 6.18. The van der Waals surface area contributed by atoms with E-state index in [0.29, 0.717) is 18.5 Å². The molecule has 1 aromatic carbocycles. The molecule has 2 aromatic rings. The third kappa shape index (κ3) is 3.87. The van der Waals surface area contributed by atoms with Crippen LogP contribution in [-0.2, 0) is 11.2 Å². The lowest BCUT2D eigenvalue weighted by molar-refractivity contribution is -0.132. The van der Waals surface area contributed by atoms with Gasteiger partial charge in [-0.15, -0.1) is 23.7 Å². The van der Waals surface area contributed by atoms with Crippen LogP contribution in [-0.4, -0.2) is 37.0 Å². The van der Waals surface area contributed by atoms with Gasteiger partial charge in [-0.3, -0.25) is 4.79 Å². The molecule has 3 nitrogen and oxygen atoms in total. The van der Waals surface area contributed by atoms with Gasteiger partial charge in [0.25, 0.3) is 0 Å². The molecule has 1 saturated carbocycles. The van der Waals surface area contributed by atoms with Crippen LogP contribution in [0.3, 0.4) is 0 Å². The van der Waals surface area contributed by atoms with E-state index in [-0.39, 0.29) is 18.3 Å². The van der Waals surface area contributed by atoms with Gasteiger partial charge in [0.1, 0.15) is 0 Å². The smallest absolute Gasteiger partial charge is 0.227 e. The van der Waals surface area contributed by atoms with Gasteiger partial charge in [-0.2, -0.15) is 0 Å². The Morgan fingerprint density at radius 2 is 2.09 bits per heavy atom.